The molecule has 0 bridgehead atoms. The molecule has 2 N–H and O–H groups in total. The third-order valence-corrected chi connectivity index (χ3v) is 4.63. The summed E-state index contributed by atoms with van der Waals surface area (Å²) in [5.41, 5.74) is 0. The Balaban J connectivity index is 5.02. The fourth-order valence-corrected chi connectivity index (χ4v) is 3.06. The second kappa shape index (κ2) is 17.1. The molecule has 2 unspecified atom stereocenters. The minimum atomic E-state index is -0.227. The standard InChI is InChI=1S/C24H39NO3/c1-6-9-10-11-22(13-12-20(4)5)21(8-3)14-15-23(28-18-17-26)19-24(27)25-16-7-2/h3,6-7,9,19-22,26H,2,10-18H2,1,4-5H3,(H,25,27)/b9-6?,23-19+. The Morgan fingerprint density at radius 3 is 2.61 bits per heavy atom. The van der Waals surface area contributed by atoms with Gasteiger partial charge in [-0.05, 0) is 44.4 Å². The van der Waals surface area contributed by atoms with Gasteiger partial charge in [0, 0.05) is 25.0 Å². The minimum absolute atomic E-state index is 0.0927. The van der Waals surface area contributed by atoms with E-state index in [0.29, 0.717) is 30.6 Å². The highest BCUT2D eigenvalue weighted by atomic mass is 16.5. The molecule has 0 aromatic rings. The Kier molecular flexibility index (Phi) is 15.9. The Hall–Kier alpha value is -1.99. The molecule has 0 aliphatic carbocycles. The number of hydrogen-bond acceptors (Lipinski definition) is 3. The molecule has 2 atom stereocenters. The number of amides is 1. The maximum absolute atomic E-state index is 11.9. The summed E-state index contributed by atoms with van der Waals surface area (Å²) in [7, 11) is 0. The zero-order valence-corrected chi connectivity index (χ0v) is 18.0. The van der Waals surface area contributed by atoms with Gasteiger partial charge in [0.1, 0.15) is 12.4 Å². The summed E-state index contributed by atoms with van der Waals surface area (Å²) < 4.78 is 5.56. The summed E-state index contributed by atoms with van der Waals surface area (Å²) in [6.45, 7) is 10.6. The van der Waals surface area contributed by atoms with Crippen molar-refractivity contribution in [3.63, 3.8) is 0 Å². The lowest BCUT2D eigenvalue weighted by atomic mass is 9.81. The third-order valence-electron chi connectivity index (χ3n) is 4.63. The van der Waals surface area contributed by atoms with Crippen LogP contribution < -0.4 is 5.32 Å². The highest BCUT2D eigenvalue weighted by Crippen LogP contribution is 2.29. The summed E-state index contributed by atoms with van der Waals surface area (Å²) in [5.74, 6) is 4.56. The zero-order chi connectivity index (χ0) is 21.2. The zero-order valence-electron chi connectivity index (χ0n) is 18.0. The van der Waals surface area contributed by atoms with Gasteiger partial charge >= 0.3 is 0 Å². The molecule has 0 saturated heterocycles. The number of hydrogen-bond donors (Lipinski definition) is 2. The normalized spacial score (nSPS) is 13.9. The van der Waals surface area contributed by atoms with Crippen molar-refractivity contribution in [3.05, 3.63) is 36.6 Å². The van der Waals surface area contributed by atoms with Crippen molar-refractivity contribution >= 4 is 5.91 Å². The van der Waals surface area contributed by atoms with Gasteiger partial charge in [0.15, 0.2) is 0 Å². The molecule has 0 heterocycles. The number of ether oxygens (including phenoxy) is 1. The van der Waals surface area contributed by atoms with E-state index in [-0.39, 0.29) is 25.0 Å². The molecule has 0 fully saturated rings. The lowest BCUT2D eigenvalue weighted by Gasteiger charge is -2.24. The molecule has 0 saturated carbocycles. The molecule has 4 nitrogen and oxygen atoms in total. The first-order chi connectivity index (χ1) is 13.5. The molecule has 158 valence electrons. The molecule has 0 rings (SSSR count). The molecule has 0 aromatic heterocycles. The molecular formula is C24H39NO3. The number of aliphatic hydroxyl groups is 1. The average molecular weight is 390 g/mol. The van der Waals surface area contributed by atoms with E-state index in [2.05, 4.69) is 43.8 Å². The molecule has 0 aromatic carbocycles. The number of carbonyl (C=O) groups excluding carboxylic acids is 1. The molecule has 0 spiro atoms. The van der Waals surface area contributed by atoms with Gasteiger partial charge in [-0.3, -0.25) is 4.79 Å². The Bertz CT molecular complexity index is 528. The van der Waals surface area contributed by atoms with Gasteiger partial charge in [-0.15, -0.1) is 18.9 Å². The summed E-state index contributed by atoms with van der Waals surface area (Å²) in [6.07, 6.45) is 18.9. The summed E-state index contributed by atoms with van der Waals surface area (Å²) in [5, 5.41) is 11.7. The summed E-state index contributed by atoms with van der Waals surface area (Å²) >= 11 is 0. The number of terminal acetylenes is 1. The fraction of sp³-hybridized carbons (Fsp3) is 0.625. The highest BCUT2D eigenvalue weighted by molar-refractivity contribution is 5.87. The van der Waals surface area contributed by atoms with Crippen molar-refractivity contribution in [1.82, 2.24) is 5.32 Å². The average Bonchev–Trinajstić information content (AvgIpc) is 2.67. The van der Waals surface area contributed by atoms with E-state index in [1.54, 1.807) is 6.08 Å². The van der Waals surface area contributed by atoms with Crippen molar-refractivity contribution in [2.24, 2.45) is 17.8 Å². The second-order valence-corrected chi connectivity index (χ2v) is 7.41. The summed E-state index contributed by atoms with van der Waals surface area (Å²) in [6, 6.07) is 0. The van der Waals surface area contributed by atoms with Crippen molar-refractivity contribution in [2.75, 3.05) is 19.8 Å². The minimum Gasteiger partial charge on any atom is -0.495 e. The molecule has 28 heavy (non-hydrogen) atoms. The van der Waals surface area contributed by atoms with Gasteiger partial charge < -0.3 is 15.2 Å². The van der Waals surface area contributed by atoms with Gasteiger partial charge in [-0.1, -0.05) is 38.5 Å². The highest BCUT2D eigenvalue weighted by Gasteiger charge is 2.20. The van der Waals surface area contributed by atoms with Crippen LogP contribution in [-0.4, -0.2) is 30.8 Å². The van der Waals surface area contributed by atoms with Crippen molar-refractivity contribution in [3.8, 4) is 12.3 Å². The number of rotatable bonds is 16. The van der Waals surface area contributed by atoms with Crippen LogP contribution in [0.25, 0.3) is 0 Å². The largest absolute Gasteiger partial charge is 0.495 e. The van der Waals surface area contributed by atoms with E-state index < -0.39 is 0 Å². The summed E-state index contributed by atoms with van der Waals surface area (Å²) in [4.78, 5) is 11.9. The van der Waals surface area contributed by atoms with E-state index >= 15 is 0 Å². The van der Waals surface area contributed by atoms with Crippen molar-refractivity contribution in [2.45, 2.75) is 59.3 Å². The predicted octanol–water partition coefficient (Wildman–Crippen LogP) is 4.62. The van der Waals surface area contributed by atoms with E-state index in [4.69, 9.17) is 16.3 Å². The van der Waals surface area contributed by atoms with Crippen LogP contribution in [0.2, 0.25) is 0 Å². The van der Waals surface area contributed by atoms with E-state index in [1.807, 2.05) is 6.92 Å². The van der Waals surface area contributed by atoms with Crippen molar-refractivity contribution in [1.29, 1.82) is 0 Å². The Labute approximate surface area is 172 Å². The molecule has 0 radical (unpaired) electrons. The molecule has 0 aliphatic heterocycles. The lowest BCUT2D eigenvalue weighted by molar-refractivity contribution is -0.116. The number of nitrogens with one attached hydrogen (secondary N) is 1. The van der Waals surface area contributed by atoms with E-state index in [1.165, 1.54) is 6.08 Å². The first-order valence-corrected chi connectivity index (χ1v) is 10.4. The van der Waals surface area contributed by atoms with Crippen LogP contribution in [0.15, 0.2) is 36.6 Å². The molecule has 1 amide bonds. The van der Waals surface area contributed by atoms with Crippen LogP contribution in [0.3, 0.4) is 0 Å². The SMILES string of the molecule is C#CC(CC/C(=C\C(=O)NCC=C)OCCO)C(CCC=CC)CCC(C)C. The molecule has 0 aliphatic rings. The van der Waals surface area contributed by atoms with E-state index in [0.717, 1.165) is 32.1 Å². The van der Waals surface area contributed by atoms with Crippen LogP contribution in [0, 0.1) is 30.1 Å². The van der Waals surface area contributed by atoms with Gasteiger partial charge in [-0.25, -0.2) is 0 Å². The number of carbonyl (C=O) groups is 1. The van der Waals surface area contributed by atoms with E-state index in [9.17, 15) is 4.79 Å². The van der Waals surface area contributed by atoms with Gasteiger partial charge in [0.2, 0.25) is 5.91 Å². The molecule has 4 heteroatoms. The first-order valence-electron chi connectivity index (χ1n) is 10.4. The van der Waals surface area contributed by atoms with Crippen LogP contribution >= 0.6 is 0 Å². The van der Waals surface area contributed by atoms with Crippen molar-refractivity contribution < 1.29 is 14.6 Å². The Morgan fingerprint density at radius 2 is 2.04 bits per heavy atom. The van der Waals surface area contributed by atoms with Gasteiger partial charge in [0.05, 0.1) is 6.61 Å². The van der Waals surface area contributed by atoms with Crippen LogP contribution in [-0.2, 0) is 9.53 Å². The Morgan fingerprint density at radius 1 is 1.29 bits per heavy atom. The van der Waals surface area contributed by atoms with Crippen LogP contribution in [0.4, 0.5) is 0 Å². The third kappa shape index (κ3) is 13.2. The van der Waals surface area contributed by atoms with Crippen LogP contribution in [0.5, 0.6) is 0 Å². The monoisotopic (exact) mass is 389 g/mol. The molecular weight excluding hydrogens is 350 g/mol. The maximum atomic E-state index is 11.9. The van der Waals surface area contributed by atoms with Crippen LogP contribution in [0.1, 0.15) is 59.3 Å². The number of aliphatic hydroxyl groups excluding tert-OH is 1. The topological polar surface area (TPSA) is 58.6 Å². The first kappa shape index (κ1) is 26.0. The second-order valence-electron chi connectivity index (χ2n) is 7.41. The smallest absolute Gasteiger partial charge is 0.247 e. The lowest BCUT2D eigenvalue weighted by Crippen LogP contribution is -2.22. The maximum Gasteiger partial charge on any atom is 0.247 e. The van der Waals surface area contributed by atoms with Gasteiger partial charge in [-0.2, -0.15) is 0 Å². The number of allylic oxidation sites excluding steroid dienone is 3. The quantitative estimate of drug-likeness (QED) is 0.175. The fourth-order valence-electron chi connectivity index (χ4n) is 3.06. The van der Waals surface area contributed by atoms with Gasteiger partial charge in [0.25, 0.3) is 0 Å². The predicted molar refractivity (Wildman–Crippen MR) is 117 cm³/mol.